The van der Waals surface area contributed by atoms with Crippen LogP contribution in [0.15, 0.2) is 93.9 Å². The molecule has 6 rings (SSSR count). The fourth-order valence-corrected chi connectivity index (χ4v) is 6.19. The van der Waals surface area contributed by atoms with E-state index in [1.165, 1.54) is 0 Å². The number of pyridine rings is 2. The zero-order chi connectivity index (χ0) is 30.6. The maximum absolute atomic E-state index is 13.0. The van der Waals surface area contributed by atoms with E-state index in [0.717, 1.165) is 67.5 Å². The van der Waals surface area contributed by atoms with Crippen LogP contribution in [0.2, 0.25) is 0 Å². The van der Waals surface area contributed by atoms with E-state index in [4.69, 9.17) is 9.97 Å². The fourth-order valence-electron chi connectivity index (χ4n) is 5.44. The van der Waals surface area contributed by atoms with Crippen LogP contribution in [-0.2, 0) is 0 Å². The van der Waals surface area contributed by atoms with E-state index in [2.05, 4.69) is 66.6 Å². The van der Waals surface area contributed by atoms with Gasteiger partial charge in [-0.3, -0.25) is 9.59 Å². The SMILES string of the molecule is CN(CCCNC(=O)c1cccc2cc3cc(Br)ccc3nc12)CCCNC(=O)c1cccc2cc3cc(Br)ccc3nc12. The van der Waals surface area contributed by atoms with Gasteiger partial charge in [0.1, 0.15) is 0 Å². The molecule has 0 spiro atoms. The molecule has 0 unspecified atom stereocenters. The number of carbonyl (C=O) groups excluding carboxylic acids is 2. The predicted octanol–water partition coefficient (Wildman–Crippen LogP) is 7.49. The van der Waals surface area contributed by atoms with Gasteiger partial charge >= 0.3 is 0 Å². The number of nitrogens with one attached hydrogen (secondary N) is 2. The summed E-state index contributed by atoms with van der Waals surface area (Å²) in [6, 6.07) is 27.4. The Labute approximate surface area is 272 Å². The highest BCUT2D eigenvalue weighted by Crippen LogP contribution is 2.26. The van der Waals surface area contributed by atoms with Crippen molar-refractivity contribution < 1.29 is 9.59 Å². The monoisotopic (exact) mass is 711 g/mol. The Morgan fingerprint density at radius 1 is 0.636 bits per heavy atom. The molecule has 222 valence electrons. The number of amides is 2. The van der Waals surface area contributed by atoms with E-state index < -0.39 is 0 Å². The number of aromatic nitrogens is 2. The molecule has 0 aliphatic heterocycles. The average Bonchev–Trinajstić information content (AvgIpc) is 3.02. The third kappa shape index (κ3) is 6.75. The van der Waals surface area contributed by atoms with Crippen molar-refractivity contribution in [3.8, 4) is 0 Å². The first-order valence-corrected chi connectivity index (χ1v) is 16.2. The summed E-state index contributed by atoms with van der Waals surface area (Å²) in [5.74, 6) is -0.234. The zero-order valence-corrected chi connectivity index (χ0v) is 27.4. The van der Waals surface area contributed by atoms with E-state index in [-0.39, 0.29) is 11.8 Å². The van der Waals surface area contributed by atoms with Crippen molar-refractivity contribution in [3.63, 3.8) is 0 Å². The summed E-state index contributed by atoms with van der Waals surface area (Å²) >= 11 is 7.02. The molecule has 0 atom stereocenters. The van der Waals surface area contributed by atoms with Crippen LogP contribution < -0.4 is 10.6 Å². The number of halogens is 2. The van der Waals surface area contributed by atoms with Crippen molar-refractivity contribution in [3.05, 3.63) is 105 Å². The van der Waals surface area contributed by atoms with Gasteiger partial charge in [0.15, 0.2) is 0 Å². The highest BCUT2D eigenvalue weighted by molar-refractivity contribution is 9.10. The van der Waals surface area contributed by atoms with Gasteiger partial charge in [-0.05, 0) is 93.6 Å². The normalized spacial score (nSPS) is 11.5. The first-order valence-electron chi connectivity index (χ1n) is 14.6. The van der Waals surface area contributed by atoms with Crippen LogP contribution in [-0.4, -0.2) is 59.9 Å². The Bertz CT molecular complexity index is 1890. The lowest BCUT2D eigenvalue weighted by Gasteiger charge is -2.17. The van der Waals surface area contributed by atoms with Gasteiger partial charge in [0.05, 0.1) is 33.2 Å². The second-order valence-electron chi connectivity index (χ2n) is 10.9. The minimum Gasteiger partial charge on any atom is -0.352 e. The van der Waals surface area contributed by atoms with Crippen LogP contribution in [0.1, 0.15) is 33.6 Å². The standard InChI is InChI=1S/C35H31Br2N5O2/c1-42(16-4-14-38-34(43)28-8-2-6-22-18-24-20-26(36)10-12-30(24)40-32(22)28)17-5-15-39-35(44)29-9-3-7-23-19-25-21-27(37)11-13-31(25)41-33(23)29/h2-3,6-13,18-21H,4-5,14-17H2,1H3,(H,38,43)(H,39,44). The minimum absolute atomic E-state index is 0.117. The predicted molar refractivity (Wildman–Crippen MR) is 185 cm³/mol. The van der Waals surface area contributed by atoms with Crippen molar-refractivity contribution in [2.24, 2.45) is 0 Å². The summed E-state index contributed by atoms with van der Waals surface area (Å²) in [5.41, 5.74) is 4.29. The highest BCUT2D eigenvalue weighted by atomic mass is 79.9. The summed E-state index contributed by atoms with van der Waals surface area (Å²) in [4.78, 5) is 37.8. The topological polar surface area (TPSA) is 87.2 Å². The van der Waals surface area contributed by atoms with E-state index >= 15 is 0 Å². The number of nitrogens with zero attached hydrogens (tertiary/aromatic N) is 3. The summed E-state index contributed by atoms with van der Waals surface area (Å²) < 4.78 is 1.99. The first-order chi connectivity index (χ1) is 21.4. The number of fused-ring (bicyclic) bond motifs is 4. The molecular formula is C35H31Br2N5O2. The van der Waals surface area contributed by atoms with E-state index in [0.29, 0.717) is 35.2 Å². The molecule has 0 aliphatic rings. The van der Waals surface area contributed by atoms with Crippen molar-refractivity contribution in [2.45, 2.75) is 12.8 Å². The van der Waals surface area contributed by atoms with Crippen LogP contribution in [0.3, 0.4) is 0 Å². The molecule has 0 saturated heterocycles. The second-order valence-corrected chi connectivity index (χ2v) is 12.8. The molecule has 2 N–H and O–H groups in total. The second kappa shape index (κ2) is 13.4. The first kappa shape index (κ1) is 30.1. The van der Waals surface area contributed by atoms with Gasteiger partial charge in [-0.2, -0.15) is 0 Å². The molecule has 2 amide bonds. The Hall–Kier alpha value is -3.92. The van der Waals surface area contributed by atoms with Crippen LogP contribution >= 0.6 is 31.9 Å². The van der Waals surface area contributed by atoms with Crippen LogP contribution in [0.5, 0.6) is 0 Å². The summed E-state index contributed by atoms with van der Waals surface area (Å²) in [5, 5.41) is 10.0. The van der Waals surface area contributed by atoms with Crippen molar-refractivity contribution >= 4 is 87.3 Å². The van der Waals surface area contributed by atoms with Crippen molar-refractivity contribution in [1.29, 1.82) is 0 Å². The molecule has 2 aromatic heterocycles. The highest BCUT2D eigenvalue weighted by Gasteiger charge is 2.14. The Morgan fingerprint density at radius 2 is 1.09 bits per heavy atom. The van der Waals surface area contributed by atoms with Gasteiger partial charge in [-0.1, -0.05) is 56.1 Å². The molecule has 0 fully saturated rings. The number of hydrogen-bond donors (Lipinski definition) is 2. The molecule has 0 bridgehead atoms. The maximum atomic E-state index is 13.0. The average molecular weight is 713 g/mol. The van der Waals surface area contributed by atoms with Crippen LogP contribution in [0.25, 0.3) is 43.6 Å². The van der Waals surface area contributed by atoms with Gasteiger partial charge in [0.2, 0.25) is 0 Å². The molecule has 9 heteroatoms. The largest absolute Gasteiger partial charge is 0.352 e. The maximum Gasteiger partial charge on any atom is 0.253 e. The lowest BCUT2D eigenvalue weighted by molar-refractivity contribution is 0.0947. The van der Waals surface area contributed by atoms with Gasteiger partial charge in [-0.25, -0.2) is 9.97 Å². The van der Waals surface area contributed by atoms with Crippen LogP contribution in [0.4, 0.5) is 0 Å². The Morgan fingerprint density at radius 3 is 1.55 bits per heavy atom. The fraction of sp³-hybridized carbons (Fsp3) is 0.200. The van der Waals surface area contributed by atoms with E-state index in [9.17, 15) is 9.59 Å². The summed E-state index contributed by atoms with van der Waals surface area (Å²) in [6.45, 7) is 2.79. The van der Waals surface area contributed by atoms with Gasteiger partial charge in [0, 0.05) is 43.6 Å². The number of carbonyl (C=O) groups is 2. The van der Waals surface area contributed by atoms with Crippen molar-refractivity contribution in [2.75, 3.05) is 33.2 Å². The summed E-state index contributed by atoms with van der Waals surface area (Å²) in [7, 11) is 2.06. The Balaban J connectivity index is 0.962. The quantitative estimate of drug-likeness (QED) is 0.114. The lowest BCUT2D eigenvalue weighted by Crippen LogP contribution is -2.31. The number of rotatable bonds is 10. The number of hydrogen-bond acceptors (Lipinski definition) is 5. The molecule has 44 heavy (non-hydrogen) atoms. The molecule has 2 heterocycles. The molecule has 0 aliphatic carbocycles. The molecule has 6 aromatic rings. The van der Waals surface area contributed by atoms with Gasteiger partial charge < -0.3 is 15.5 Å². The van der Waals surface area contributed by atoms with Gasteiger partial charge in [-0.15, -0.1) is 0 Å². The lowest BCUT2D eigenvalue weighted by atomic mass is 10.1. The molecule has 0 saturated carbocycles. The third-order valence-electron chi connectivity index (χ3n) is 7.69. The van der Waals surface area contributed by atoms with E-state index in [1.54, 1.807) is 0 Å². The van der Waals surface area contributed by atoms with E-state index in [1.807, 2.05) is 72.8 Å². The minimum atomic E-state index is -0.117. The zero-order valence-electron chi connectivity index (χ0n) is 24.2. The molecule has 0 radical (unpaired) electrons. The summed E-state index contributed by atoms with van der Waals surface area (Å²) in [6.07, 6.45) is 1.63. The number of para-hydroxylation sites is 2. The molecular weight excluding hydrogens is 682 g/mol. The van der Waals surface area contributed by atoms with Gasteiger partial charge in [0.25, 0.3) is 11.8 Å². The molecule has 7 nitrogen and oxygen atoms in total. The van der Waals surface area contributed by atoms with Crippen molar-refractivity contribution in [1.82, 2.24) is 25.5 Å². The Kier molecular flexibility index (Phi) is 9.16. The number of benzene rings is 4. The van der Waals surface area contributed by atoms with Crippen LogP contribution in [0, 0.1) is 0 Å². The smallest absolute Gasteiger partial charge is 0.253 e. The third-order valence-corrected chi connectivity index (χ3v) is 8.68. The molecule has 4 aromatic carbocycles.